The molecule has 1 rings (SSSR count). The van der Waals surface area contributed by atoms with Crippen LogP contribution in [0.2, 0.25) is 4.82 Å². The molecule has 5 heteroatoms. The third kappa shape index (κ3) is 5.85. The van der Waals surface area contributed by atoms with Crippen LogP contribution in [0, 0.1) is 0 Å². The van der Waals surface area contributed by atoms with Crippen molar-refractivity contribution in [3.05, 3.63) is 42.1 Å². The Labute approximate surface area is 145 Å². The Bertz CT molecular complexity index is 572. The molecule has 0 fully saturated rings. The Morgan fingerprint density at radius 1 is 1.17 bits per heavy atom. The van der Waals surface area contributed by atoms with E-state index < -0.39 is 16.3 Å². The zero-order chi connectivity index (χ0) is 17.6. The van der Waals surface area contributed by atoms with E-state index >= 15 is 0 Å². The van der Waals surface area contributed by atoms with Crippen molar-refractivity contribution in [1.82, 2.24) is 4.90 Å². The van der Waals surface area contributed by atoms with Gasteiger partial charge in [0.05, 0.1) is 0 Å². The summed E-state index contributed by atoms with van der Waals surface area (Å²) < 4.78 is 5.88. The van der Waals surface area contributed by atoms with Crippen LogP contribution in [0.25, 0.3) is 0 Å². The van der Waals surface area contributed by atoms with E-state index in [9.17, 15) is 9.59 Å². The third-order valence-electron chi connectivity index (χ3n) is 2.98. The molecule has 1 aromatic carbocycles. The molecule has 126 valence electrons. The first-order chi connectivity index (χ1) is 10.7. The van der Waals surface area contributed by atoms with Crippen LogP contribution in [0.15, 0.2) is 42.1 Å². The Morgan fingerprint density at radius 2 is 1.74 bits per heavy atom. The minimum absolute atomic E-state index is 0.214. The quantitative estimate of drug-likeness (QED) is 0.447. The molecule has 1 amide bonds. The Morgan fingerprint density at radius 3 is 2.17 bits per heavy atom. The molecule has 0 aliphatic rings. The molecule has 0 saturated heterocycles. The average Bonchev–Trinajstić information content (AvgIpc) is 2.48. The normalized spacial score (nSPS) is 12.3. The summed E-state index contributed by atoms with van der Waals surface area (Å²) in [5.74, 6) is -0.690. The van der Waals surface area contributed by atoms with Gasteiger partial charge in [-0.2, -0.15) is 0 Å². The monoisotopic (exact) mass is 383 g/mol. The van der Waals surface area contributed by atoms with Gasteiger partial charge >= 0.3 is 145 Å². The van der Waals surface area contributed by atoms with Crippen LogP contribution in [0.1, 0.15) is 34.6 Å². The van der Waals surface area contributed by atoms with Gasteiger partial charge in [0.2, 0.25) is 0 Å². The summed E-state index contributed by atoms with van der Waals surface area (Å²) in [4.78, 5) is 26.1. The van der Waals surface area contributed by atoms with Gasteiger partial charge < -0.3 is 0 Å². The zero-order valence-corrected chi connectivity index (χ0v) is 16.3. The van der Waals surface area contributed by atoms with Gasteiger partial charge in [-0.1, -0.05) is 0 Å². The van der Waals surface area contributed by atoms with Crippen molar-refractivity contribution < 1.29 is 14.3 Å². The SMILES string of the molecule is COC(=O)C([Se]c1ccccc1)C(=O)N(C=C(C)C)C(C)(C)C. The summed E-state index contributed by atoms with van der Waals surface area (Å²) in [6.45, 7) is 9.72. The predicted molar refractivity (Wildman–Crippen MR) is 93.6 cm³/mol. The van der Waals surface area contributed by atoms with Crippen LogP contribution in [0.5, 0.6) is 0 Å². The molecule has 0 bridgehead atoms. The second-order valence-corrected chi connectivity index (χ2v) is 8.89. The molecule has 0 aliphatic heterocycles. The van der Waals surface area contributed by atoms with E-state index in [1.165, 1.54) is 7.11 Å². The summed E-state index contributed by atoms with van der Waals surface area (Å²) in [5.41, 5.74) is 0.594. The molecular weight excluding hydrogens is 357 g/mol. The molecule has 23 heavy (non-hydrogen) atoms. The predicted octanol–water partition coefficient (Wildman–Crippen LogP) is 2.53. The van der Waals surface area contributed by atoms with Crippen molar-refractivity contribution in [3.8, 4) is 0 Å². The molecule has 0 spiro atoms. The van der Waals surface area contributed by atoms with Crippen molar-refractivity contribution in [2.45, 2.75) is 45.0 Å². The Kier molecular flexibility index (Phi) is 7.04. The summed E-state index contributed by atoms with van der Waals surface area (Å²) in [7, 11) is 1.33. The molecule has 1 aromatic rings. The Hall–Kier alpha value is -1.58. The number of benzene rings is 1. The van der Waals surface area contributed by atoms with Gasteiger partial charge in [-0.3, -0.25) is 0 Å². The van der Waals surface area contributed by atoms with Crippen molar-refractivity contribution in [1.29, 1.82) is 0 Å². The summed E-state index contributed by atoms with van der Waals surface area (Å²) in [6.07, 6.45) is 1.80. The summed E-state index contributed by atoms with van der Waals surface area (Å²) >= 11 is -0.329. The molecule has 0 N–H and O–H groups in total. The first-order valence-corrected chi connectivity index (χ1v) is 9.29. The van der Waals surface area contributed by atoms with Crippen LogP contribution >= 0.6 is 0 Å². The van der Waals surface area contributed by atoms with Gasteiger partial charge in [0.25, 0.3) is 0 Å². The van der Waals surface area contributed by atoms with E-state index in [0.29, 0.717) is 0 Å². The van der Waals surface area contributed by atoms with E-state index in [2.05, 4.69) is 0 Å². The number of methoxy groups -OCH3 is 1. The first kappa shape index (κ1) is 19.5. The van der Waals surface area contributed by atoms with Gasteiger partial charge in [0.15, 0.2) is 0 Å². The molecular formula is C18H25NO3Se. The maximum atomic E-state index is 13.0. The first-order valence-electron chi connectivity index (χ1n) is 7.44. The second-order valence-electron chi connectivity index (χ2n) is 6.42. The van der Waals surface area contributed by atoms with E-state index in [1.807, 2.05) is 65.0 Å². The molecule has 4 nitrogen and oxygen atoms in total. The van der Waals surface area contributed by atoms with Gasteiger partial charge in [0.1, 0.15) is 0 Å². The van der Waals surface area contributed by atoms with Crippen LogP contribution < -0.4 is 4.46 Å². The maximum absolute atomic E-state index is 13.0. The fourth-order valence-electron chi connectivity index (χ4n) is 1.91. The van der Waals surface area contributed by atoms with Gasteiger partial charge in [-0.25, -0.2) is 0 Å². The van der Waals surface area contributed by atoms with Crippen molar-refractivity contribution in [3.63, 3.8) is 0 Å². The van der Waals surface area contributed by atoms with Crippen LogP contribution in [0.3, 0.4) is 0 Å². The molecule has 0 aromatic heterocycles. The number of hydrogen-bond donors (Lipinski definition) is 0. The van der Waals surface area contributed by atoms with Crippen molar-refractivity contribution >= 4 is 31.3 Å². The van der Waals surface area contributed by atoms with Crippen LogP contribution in [-0.2, 0) is 14.3 Å². The zero-order valence-electron chi connectivity index (χ0n) is 14.6. The second kappa shape index (κ2) is 8.32. The molecule has 0 radical (unpaired) electrons. The number of esters is 1. The van der Waals surface area contributed by atoms with Crippen molar-refractivity contribution in [2.75, 3.05) is 7.11 Å². The molecule has 1 atom stereocenters. The molecule has 0 heterocycles. The summed E-state index contributed by atoms with van der Waals surface area (Å²) in [5, 5.41) is 0. The number of carbonyl (C=O) groups is 2. The Balaban J connectivity index is 3.16. The molecule has 1 unspecified atom stereocenters. The number of rotatable bonds is 5. The number of ether oxygens (including phenoxy) is 1. The number of hydrogen-bond acceptors (Lipinski definition) is 3. The molecule has 0 saturated carbocycles. The van der Waals surface area contributed by atoms with Gasteiger partial charge in [-0.15, -0.1) is 0 Å². The topological polar surface area (TPSA) is 46.6 Å². The van der Waals surface area contributed by atoms with E-state index in [0.717, 1.165) is 10.0 Å². The van der Waals surface area contributed by atoms with Crippen LogP contribution in [0.4, 0.5) is 0 Å². The van der Waals surface area contributed by atoms with Crippen LogP contribution in [-0.4, -0.2) is 44.4 Å². The summed E-state index contributed by atoms with van der Waals surface area (Å²) in [6, 6.07) is 9.61. The standard InChI is InChI=1S/C18H25NO3Se/c1-13(2)12-19(18(3,4)5)16(20)15(17(21)22-6)23-14-10-8-7-9-11-14/h7-12,15H,1-6H3. The van der Waals surface area contributed by atoms with Crippen molar-refractivity contribution in [2.24, 2.45) is 0 Å². The number of amides is 1. The van der Waals surface area contributed by atoms with E-state index in [4.69, 9.17) is 4.74 Å². The number of carbonyl (C=O) groups excluding carboxylic acids is 2. The fourth-order valence-corrected chi connectivity index (χ4v) is 4.00. The van der Waals surface area contributed by atoms with E-state index in [1.54, 1.807) is 11.1 Å². The minimum atomic E-state index is -0.787. The van der Waals surface area contributed by atoms with E-state index in [-0.39, 0.29) is 20.9 Å². The third-order valence-corrected chi connectivity index (χ3v) is 5.45. The molecule has 0 aliphatic carbocycles. The average molecular weight is 382 g/mol. The fraction of sp³-hybridized carbons (Fsp3) is 0.444. The number of allylic oxidation sites excluding steroid dienone is 1. The van der Waals surface area contributed by atoms with Gasteiger partial charge in [-0.05, 0) is 0 Å². The number of nitrogens with zero attached hydrogens (tertiary/aromatic N) is 1. The van der Waals surface area contributed by atoms with Gasteiger partial charge in [0, 0.05) is 0 Å².